The zero-order chi connectivity index (χ0) is 30.9. The van der Waals surface area contributed by atoms with Crippen LogP contribution in [0.2, 0.25) is 0 Å². The molecule has 3 aromatic rings. The van der Waals surface area contributed by atoms with E-state index >= 15 is 0 Å². The van der Waals surface area contributed by atoms with E-state index in [1.54, 1.807) is 12.1 Å². The molecule has 4 amide bonds. The lowest BCUT2D eigenvalue weighted by Crippen LogP contribution is -2.68. The summed E-state index contributed by atoms with van der Waals surface area (Å²) in [6, 6.07) is 8.57. The van der Waals surface area contributed by atoms with Gasteiger partial charge in [-0.1, -0.05) is 0 Å². The van der Waals surface area contributed by atoms with Crippen LogP contribution in [0.5, 0.6) is 0 Å². The van der Waals surface area contributed by atoms with Crippen molar-refractivity contribution >= 4 is 51.8 Å². The zero-order valence-corrected chi connectivity index (χ0v) is 24.2. The minimum atomic E-state index is -1.30. The lowest BCUT2D eigenvalue weighted by Gasteiger charge is -2.61. The number of nitrogens with one attached hydrogen (secondary N) is 4. The van der Waals surface area contributed by atoms with Crippen LogP contribution in [-0.2, 0) is 25.7 Å². The van der Waals surface area contributed by atoms with Crippen molar-refractivity contribution < 1.29 is 28.4 Å². The van der Waals surface area contributed by atoms with Gasteiger partial charge in [0.2, 0.25) is 17.6 Å². The molecule has 13 nitrogen and oxygen atoms in total. The van der Waals surface area contributed by atoms with E-state index in [1.165, 1.54) is 36.0 Å². The van der Waals surface area contributed by atoms with Crippen LogP contribution in [0.4, 0.5) is 11.4 Å². The number of Topliss-reactive ketones (excluding diaryl/α,β-unsaturated/α-hetero) is 1. The van der Waals surface area contributed by atoms with Crippen molar-refractivity contribution in [2.45, 2.75) is 50.2 Å². The van der Waals surface area contributed by atoms with Crippen LogP contribution in [0, 0.1) is 5.92 Å². The number of likely N-dealkylation sites (N-methyl/N-ethyl adjacent to an activating group) is 1. The Labute approximate surface area is 247 Å². The third-order valence-electron chi connectivity index (χ3n) is 8.04. The van der Waals surface area contributed by atoms with E-state index in [0.29, 0.717) is 16.9 Å². The third kappa shape index (κ3) is 6.30. The molecule has 3 aliphatic carbocycles. The lowest BCUT2D eigenvalue weighted by atomic mass is 9.50. The first kappa shape index (κ1) is 29.5. The Hall–Kier alpha value is -4.94. The Morgan fingerprint density at radius 1 is 1.09 bits per heavy atom. The molecule has 0 radical (unpaired) electrons. The summed E-state index contributed by atoms with van der Waals surface area (Å²) in [5, 5.41) is 11.0. The maximum absolute atomic E-state index is 13.3. The summed E-state index contributed by atoms with van der Waals surface area (Å²) in [4.78, 5) is 78.0. The summed E-state index contributed by atoms with van der Waals surface area (Å²) in [6.45, 7) is -0.211. The number of anilines is 2. The standard InChI is InChI=1S/C30H34N6O7/c1-31-27(40)22(37)9-8-20(32-28(41)24-11-18-6-7-19(35(2)3)12-23(18)43-24)26(39)33-21-5-4-10-36(29(21)42)16-25(38)34-30-13-17(14-30)15-30/h4-7,10-12,17,20H,8-9,13-16H2,1-3H3,(H,31,40)(H,32,41)(H,33,39)(H,34,38)/t17?,20-,30?/m0/s1. The van der Waals surface area contributed by atoms with Crippen LogP contribution in [-0.4, -0.2) is 66.7 Å². The quantitative estimate of drug-likeness (QED) is 0.228. The predicted molar refractivity (Wildman–Crippen MR) is 158 cm³/mol. The Morgan fingerprint density at radius 2 is 1.84 bits per heavy atom. The second kappa shape index (κ2) is 11.7. The molecule has 0 saturated heterocycles. The summed E-state index contributed by atoms with van der Waals surface area (Å²) >= 11 is 0. The number of ketones is 1. The van der Waals surface area contributed by atoms with E-state index in [-0.39, 0.29) is 42.3 Å². The van der Waals surface area contributed by atoms with E-state index < -0.39 is 35.1 Å². The number of hydrogen-bond acceptors (Lipinski definition) is 8. The molecule has 2 bridgehead atoms. The van der Waals surface area contributed by atoms with E-state index in [2.05, 4.69) is 21.3 Å². The number of pyridine rings is 1. The number of fused-ring (bicyclic) bond motifs is 1. The molecule has 3 fully saturated rings. The van der Waals surface area contributed by atoms with Gasteiger partial charge in [0.15, 0.2) is 5.76 Å². The Balaban J connectivity index is 1.30. The maximum atomic E-state index is 13.3. The molecular weight excluding hydrogens is 556 g/mol. The Bertz CT molecular complexity index is 1660. The Kier molecular flexibility index (Phi) is 8.07. The first-order valence-corrected chi connectivity index (χ1v) is 14.0. The molecule has 2 aromatic heterocycles. The van der Waals surface area contributed by atoms with Gasteiger partial charge in [-0.25, -0.2) is 0 Å². The van der Waals surface area contributed by atoms with E-state index in [1.807, 2.05) is 25.1 Å². The molecule has 13 heteroatoms. The number of amides is 4. The molecule has 4 N–H and O–H groups in total. The second-order valence-corrected chi connectivity index (χ2v) is 11.4. The first-order valence-electron chi connectivity index (χ1n) is 14.0. The molecular formula is C30H34N6O7. The van der Waals surface area contributed by atoms with Gasteiger partial charge in [-0.15, -0.1) is 0 Å². The Morgan fingerprint density at radius 3 is 2.49 bits per heavy atom. The highest BCUT2D eigenvalue weighted by atomic mass is 16.3. The van der Waals surface area contributed by atoms with Crippen molar-refractivity contribution in [1.82, 2.24) is 20.5 Å². The van der Waals surface area contributed by atoms with Crippen molar-refractivity contribution in [3.05, 3.63) is 58.7 Å². The number of carbonyl (C=O) groups is 5. The van der Waals surface area contributed by atoms with Gasteiger partial charge in [-0.3, -0.25) is 28.8 Å². The first-order chi connectivity index (χ1) is 20.5. The van der Waals surface area contributed by atoms with E-state index in [0.717, 1.165) is 24.9 Å². The van der Waals surface area contributed by atoms with Crippen molar-refractivity contribution in [2.75, 3.05) is 31.4 Å². The number of aromatic nitrogens is 1. The monoisotopic (exact) mass is 590 g/mol. The van der Waals surface area contributed by atoms with Gasteiger partial charge in [0.25, 0.3) is 17.4 Å². The van der Waals surface area contributed by atoms with Crippen LogP contribution in [0.3, 0.4) is 0 Å². The van der Waals surface area contributed by atoms with Crippen LogP contribution < -0.4 is 31.7 Å². The molecule has 1 aromatic carbocycles. The largest absolute Gasteiger partial charge is 0.451 e. The summed E-state index contributed by atoms with van der Waals surface area (Å²) < 4.78 is 6.92. The average Bonchev–Trinajstić information content (AvgIpc) is 3.37. The second-order valence-electron chi connectivity index (χ2n) is 11.4. The van der Waals surface area contributed by atoms with Crippen molar-refractivity contribution in [1.29, 1.82) is 0 Å². The summed E-state index contributed by atoms with van der Waals surface area (Å²) in [6.07, 6.45) is 3.77. The van der Waals surface area contributed by atoms with Crippen LogP contribution >= 0.6 is 0 Å². The van der Waals surface area contributed by atoms with E-state index in [4.69, 9.17) is 4.42 Å². The number of rotatable bonds is 12. The normalized spacial score (nSPS) is 18.9. The maximum Gasteiger partial charge on any atom is 0.287 e. The molecule has 0 spiro atoms. The van der Waals surface area contributed by atoms with Gasteiger partial charge < -0.3 is 35.2 Å². The molecule has 0 aliphatic heterocycles. The highest BCUT2D eigenvalue weighted by molar-refractivity contribution is 6.36. The average molecular weight is 591 g/mol. The topological polar surface area (TPSA) is 172 Å². The van der Waals surface area contributed by atoms with Gasteiger partial charge in [-0.05, 0) is 61.9 Å². The number of furan rings is 1. The summed E-state index contributed by atoms with van der Waals surface area (Å²) in [5.41, 5.74) is 0.481. The van der Waals surface area contributed by atoms with Gasteiger partial charge in [0, 0.05) is 56.4 Å². The van der Waals surface area contributed by atoms with Crippen molar-refractivity contribution in [3.8, 4) is 0 Å². The predicted octanol–water partition coefficient (Wildman–Crippen LogP) is 1.16. The molecule has 3 aliphatic rings. The highest BCUT2D eigenvalue weighted by Crippen LogP contribution is 2.56. The molecule has 0 unspecified atom stereocenters. The van der Waals surface area contributed by atoms with Gasteiger partial charge in [0.05, 0.1) is 0 Å². The fraction of sp³-hybridized carbons (Fsp3) is 0.400. The van der Waals surface area contributed by atoms with Crippen LogP contribution in [0.1, 0.15) is 42.7 Å². The fourth-order valence-electron chi connectivity index (χ4n) is 5.53. The van der Waals surface area contributed by atoms with Gasteiger partial charge in [0.1, 0.15) is 23.9 Å². The number of nitrogens with zero attached hydrogens (tertiary/aromatic N) is 2. The number of benzene rings is 1. The highest BCUT2D eigenvalue weighted by Gasteiger charge is 2.57. The van der Waals surface area contributed by atoms with Gasteiger partial charge >= 0.3 is 0 Å². The van der Waals surface area contributed by atoms with Crippen molar-refractivity contribution in [2.24, 2.45) is 5.92 Å². The molecule has 1 atom stereocenters. The third-order valence-corrected chi connectivity index (χ3v) is 8.04. The summed E-state index contributed by atoms with van der Waals surface area (Å²) in [7, 11) is 5.05. The minimum Gasteiger partial charge on any atom is -0.451 e. The summed E-state index contributed by atoms with van der Waals surface area (Å²) in [5.74, 6) is -2.76. The molecule has 226 valence electrons. The molecule has 43 heavy (non-hydrogen) atoms. The minimum absolute atomic E-state index is 0.0573. The lowest BCUT2D eigenvalue weighted by molar-refractivity contribution is -0.137. The number of carbonyl (C=O) groups excluding carboxylic acids is 5. The van der Waals surface area contributed by atoms with E-state index in [9.17, 15) is 28.8 Å². The zero-order valence-electron chi connectivity index (χ0n) is 24.2. The van der Waals surface area contributed by atoms with Crippen molar-refractivity contribution in [3.63, 3.8) is 0 Å². The molecule has 6 rings (SSSR count). The number of hydrogen-bond donors (Lipinski definition) is 4. The van der Waals surface area contributed by atoms with Gasteiger partial charge in [-0.2, -0.15) is 0 Å². The molecule has 3 saturated carbocycles. The molecule has 2 heterocycles. The fourth-order valence-corrected chi connectivity index (χ4v) is 5.53. The van der Waals surface area contributed by atoms with Crippen LogP contribution in [0.15, 0.2) is 51.8 Å². The SMILES string of the molecule is CNC(=O)C(=O)CC[C@H](NC(=O)c1cc2ccc(N(C)C)cc2o1)C(=O)Nc1cccn(CC(=O)NC23CC(C2)C3)c1=O. The smallest absolute Gasteiger partial charge is 0.287 e. The van der Waals surface area contributed by atoms with Crippen LogP contribution in [0.25, 0.3) is 11.0 Å².